The van der Waals surface area contributed by atoms with E-state index in [1.165, 1.54) is 126 Å². The molecule has 292 valence electrons. The second kappa shape index (κ2) is 19.6. The highest BCUT2D eigenvalue weighted by atomic mass is 31.2. The molecule has 0 aliphatic rings. The zero-order valence-electron chi connectivity index (χ0n) is 37.8. The lowest BCUT2D eigenvalue weighted by molar-refractivity contribution is 1.30. The second-order valence-corrected chi connectivity index (χ2v) is 25.0. The van der Waals surface area contributed by atoms with Crippen LogP contribution in [0.2, 0.25) is 0 Å². The van der Waals surface area contributed by atoms with Crippen molar-refractivity contribution in [3.05, 3.63) is 115 Å². The molecule has 0 unspecified atom stereocenters. The highest BCUT2D eigenvalue weighted by molar-refractivity contribution is 7.67. The summed E-state index contributed by atoms with van der Waals surface area (Å²) in [5, 5.41) is 0. The largest absolute Gasteiger partial charge is 0.344 e. The number of nitrogens with zero attached hydrogens (tertiary/aromatic N) is 2. The van der Waals surface area contributed by atoms with Crippen LogP contribution >= 0.6 is 14.1 Å². The molecule has 0 N–H and O–H groups in total. The van der Waals surface area contributed by atoms with Crippen LogP contribution in [0.3, 0.4) is 0 Å². The van der Waals surface area contributed by atoms with Crippen LogP contribution in [0.1, 0.15) is 108 Å². The van der Waals surface area contributed by atoms with Crippen LogP contribution in [-0.2, 0) is 0 Å². The van der Waals surface area contributed by atoms with Gasteiger partial charge in [-0.25, -0.2) is 0 Å². The summed E-state index contributed by atoms with van der Waals surface area (Å²) in [5.41, 5.74) is 22.1. The van der Waals surface area contributed by atoms with Gasteiger partial charge in [-0.15, -0.1) is 0 Å². The van der Waals surface area contributed by atoms with Gasteiger partial charge < -0.3 is 9.31 Å². The Kier molecular flexibility index (Phi) is 16.6. The van der Waals surface area contributed by atoms with Gasteiger partial charge in [-0.3, -0.25) is 0 Å². The lowest BCUT2D eigenvalue weighted by atomic mass is 9.48. The smallest absolute Gasteiger partial charge is 0.343 e. The van der Waals surface area contributed by atoms with Gasteiger partial charge >= 0.3 is 13.7 Å². The Hall–Kier alpha value is -2.53. The lowest BCUT2D eigenvalue weighted by Crippen LogP contribution is -2.46. The van der Waals surface area contributed by atoms with Gasteiger partial charge in [0.15, 0.2) is 0 Å². The van der Waals surface area contributed by atoms with E-state index in [4.69, 9.17) is 9.31 Å². The van der Waals surface area contributed by atoms with Crippen LogP contribution in [0, 0.1) is 83.1 Å². The Morgan fingerprint density at radius 3 is 0.593 bits per heavy atom. The Balaban J connectivity index is 0.000000290. The second-order valence-electron chi connectivity index (χ2n) is 16.4. The average molecular weight is 763 g/mol. The molecule has 0 bridgehead atoms. The highest BCUT2D eigenvalue weighted by Gasteiger charge is 2.31. The molecule has 0 saturated heterocycles. The summed E-state index contributed by atoms with van der Waals surface area (Å²) in [6, 6.07) is 18.6. The summed E-state index contributed by atoms with van der Waals surface area (Å²) in [5.74, 6) is 0. The predicted molar refractivity (Wildman–Crippen MR) is 255 cm³/mol. The molecule has 4 aromatic rings. The topological polar surface area (TPSA) is 24.7 Å². The van der Waals surface area contributed by atoms with E-state index >= 15 is 0 Å². The molecule has 0 radical (unpaired) electrons. The fourth-order valence-corrected chi connectivity index (χ4v) is 14.4. The first-order valence-corrected chi connectivity index (χ1v) is 25.4. The van der Waals surface area contributed by atoms with E-state index < -0.39 is 14.1 Å². The van der Waals surface area contributed by atoms with E-state index in [0.717, 1.165) is 0 Å². The summed E-state index contributed by atoms with van der Waals surface area (Å²) in [6.45, 7) is 41.2. The first kappa shape index (κ1) is 45.9. The van der Waals surface area contributed by atoms with Crippen molar-refractivity contribution in [1.29, 1.82) is 0 Å². The van der Waals surface area contributed by atoms with Gasteiger partial charge in [0.1, 0.15) is 0 Å². The number of hydrogen-bond acceptors (Lipinski definition) is 2. The minimum atomic E-state index is -1.30. The molecule has 4 rings (SSSR count). The van der Waals surface area contributed by atoms with Crippen molar-refractivity contribution in [2.45, 2.75) is 125 Å². The lowest BCUT2D eigenvalue weighted by Gasteiger charge is -2.27. The summed E-state index contributed by atoms with van der Waals surface area (Å²) < 4.78 is 11.4. The van der Waals surface area contributed by atoms with Gasteiger partial charge in [-0.05, 0) is 156 Å². The van der Waals surface area contributed by atoms with Crippen molar-refractivity contribution in [3.63, 3.8) is 0 Å². The fraction of sp³-hybridized carbons (Fsp3) is 0.500. The molecular formula is C48H74B2N2P2. The SMILES string of the molecule is CCP(CC)(CC)=NB(c1c(C)cc(C)cc1C)c1c(C)cc(C)cc1C.CCP(CC)(CC)=NB(c1c(C)cc(C)cc1C)c1c(C)cc(C)cc1C. The minimum Gasteiger partial charge on any atom is -0.344 e. The number of benzene rings is 4. The van der Waals surface area contributed by atoms with Gasteiger partial charge in [0.05, 0.1) is 0 Å². The van der Waals surface area contributed by atoms with Crippen LogP contribution in [0.5, 0.6) is 0 Å². The number of rotatable bonds is 12. The third-order valence-corrected chi connectivity index (χ3v) is 20.8. The molecular weight excluding hydrogens is 688 g/mol. The zero-order chi connectivity index (χ0) is 40.7. The Morgan fingerprint density at radius 1 is 0.315 bits per heavy atom. The van der Waals surface area contributed by atoms with Crippen molar-refractivity contribution in [1.82, 2.24) is 0 Å². The monoisotopic (exact) mass is 763 g/mol. The number of aryl methyl sites for hydroxylation is 12. The van der Waals surface area contributed by atoms with E-state index in [0.29, 0.717) is 0 Å². The first-order chi connectivity index (χ1) is 25.3. The van der Waals surface area contributed by atoms with Gasteiger partial charge in [-0.2, -0.15) is 0 Å². The van der Waals surface area contributed by atoms with Crippen LogP contribution in [-0.4, -0.2) is 50.7 Å². The molecule has 0 aliphatic heterocycles. The van der Waals surface area contributed by atoms with Crippen LogP contribution in [0.4, 0.5) is 0 Å². The van der Waals surface area contributed by atoms with Crippen molar-refractivity contribution < 1.29 is 0 Å². The maximum Gasteiger partial charge on any atom is 0.343 e. The molecule has 0 atom stereocenters. The Morgan fingerprint density at radius 2 is 0.463 bits per heavy atom. The molecule has 6 heteroatoms. The standard InChI is InChI=1S/2C24H37BNP/c2*1-10-27(11-2,12-3)26-25(23-19(6)13-17(4)14-20(23)7)24-21(8)15-18(5)16-22(24)9/h2*13-16H,10-12H2,1-9H3. The molecule has 0 aliphatic carbocycles. The van der Waals surface area contributed by atoms with Crippen molar-refractivity contribution in [2.24, 2.45) is 9.31 Å². The molecule has 54 heavy (non-hydrogen) atoms. The summed E-state index contributed by atoms with van der Waals surface area (Å²) >= 11 is 0. The predicted octanol–water partition coefficient (Wildman–Crippen LogP) is 11.8. The molecule has 0 saturated carbocycles. The van der Waals surface area contributed by atoms with E-state index in [-0.39, 0.29) is 13.7 Å². The van der Waals surface area contributed by atoms with E-state index in [1.54, 1.807) is 0 Å². The average Bonchev–Trinajstić information content (AvgIpc) is 3.08. The summed E-state index contributed by atoms with van der Waals surface area (Å²) in [6.07, 6.45) is 7.19. The van der Waals surface area contributed by atoms with Gasteiger partial charge in [0.25, 0.3) is 0 Å². The third kappa shape index (κ3) is 10.4. The normalized spacial score (nSPS) is 11.6. The summed E-state index contributed by atoms with van der Waals surface area (Å²) in [4.78, 5) is 0. The van der Waals surface area contributed by atoms with Crippen LogP contribution in [0.25, 0.3) is 0 Å². The Labute approximate surface area is 334 Å². The molecule has 4 aromatic carbocycles. The highest BCUT2D eigenvalue weighted by Crippen LogP contribution is 2.49. The van der Waals surface area contributed by atoms with Crippen LogP contribution in [0.15, 0.2) is 57.8 Å². The van der Waals surface area contributed by atoms with Gasteiger partial charge in [-0.1, -0.05) is 157 Å². The van der Waals surface area contributed by atoms with Gasteiger partial charge in [0, 0.05) is 0 Å². The fourth-order valence-electron chi connectivity index (χ4n) is 9.33. The molecule has 2 nitrogen and oxygen atoms in total. The van der Waals surface area contributed by atoms with Crippen molar-refractivity contribution >= 4 is 49.7 Å². The Bertz CT molecular complexity index is 1670. The van der Waals surface area contributed by atoms with Crippen molar-refractivity contribution in [3.8, 4) is 0 Å². The zero-order valence-corrected chi connectivity index (χ0v) is 39.6. The van der Waals surface area contributed by atoms with E-state index in [1.807, 2.05) is 0 Å². The quantitative estimate of drug-likeness (QED) is 0.101. The molecule has 0 spiro atoms. The first-order valence-electron chi connectivity index (χ1n) is 20.8. The van der Waals surface area contributed by atoms with E-state index in [9.17, 15) is 0 Å². The maximum atomic E-state index is 5.72. The molecule has 0 heterocycles. The minimum absolute atomic E-state index is 0.152. The van der Waals surface area contributed by atoms with Crippen molar-refractivity contribution in [2.75, 3.05) is 37.0 Å². The summed E-state index contributed by atoms with van der Waals surface area (Å²) in [7, 11) is -2.61. The third-order valence-electron chi connectivity index (χ3n) is 12.3. The molecule has 0 fully saturated rings. The molecule has 0 amide bonds. The van der Waals surface area contributed by atoms with Gasteiger partial charge in [0.2, 0.25) is 0 Å². The number of hydrogen-bond donors (Lipinski definition) is 0. The maximum absolute atomic E-state index is 5.72. The molecule has 0 aromatic heterocycles. The van der Waals surface area contributed by atoms with E-state index in [2.05, 4.69) is 173 Å². The van der Waals surface area contributed by atoms with Crippen LogP contribution < -0.4 is 21.9 Å².